The molecule has 2 aromatic carbocycles. The molecule has 1 amide bonds. The van der Waals surface area contributed by atoms with E-state index in [2.05, 4.69) is 21.2 Å². The number of alkyl halides is 1. The highest BCUT2D eigenvalue weighted by Crippen LogP contribution is 2.28. The number of para-hydroxylation sites is 1. The van der Waals surface area contributed by atoms with Gasteiger partial charge in [0.25, 0.3) is 5.91 Å². The Kier molecular flexibility index (Phi) is 4.38. The number of nitrogens with one attached hydrogen (secondary N) is 1. The molecule has 0 heterocycles. The van der Waals surface area contributed by atoms with Crippen LogP contribution in [0.25, 0.3) is 0 Å². The van der Waals surface area contributed by atoms with Crippen molar-refractivity contribution >= 4 is 27.5 Å². The maximum Gasteiger partial charge on any atom is 0.255 e. The minimum atomic E-state index is -0.0794. The Balaban J connectivity index is 2.24. The molecule has 2 nitrogen and oxygen atoms in total. The molecule has 0 aromatic heterocycles. The molecule has 0 aliphatic carbocycles. The monoisotopic (exact) mass is 317 g/mol. The third-order valence-electron chi connectivity index (χ3n) is 2.92. The molecule has 3 heteroatoms. The summed E-state index contributed by atoms with van der Waals surface area (Å²) >= 11 is 3.54. The predicted octanol–water partition coefficient (Wildman–Crippen LogP) is 4.70. The summed E-state index contributed by atoms with van der Waals surface area (Å²) in [7, 11) is 0. The van der Waals surface area contributed by atoms with Gasteiger partial charge in [-0.15, -0.1) is 0 Å². The molecule has 19 heavy (non-hydrogen) atoms. The van der Waals surface area contributed by atoms with E-state index in [1.165, 1.54) is 0 Å². The molecule has 0 aliphatic rings. The zero-order valence-corrected chi connectivity index (χ0v) is 12.6. The fraction of sp³-hybridized carbons (Fsp3) is 0.188. The van der Waals surface area contributed by atoms with E-state index in [1.54, 1.807) is 0 Å². The van der Waals surface area contributed by atoms with Crippen molar-refractivity contribution in [3.8, 4) is 0 Å². The summed E-state index contributed by atoms with van der Waals surface area (Å²) in [6.45, 7) is 4.02. The van der Waals surface area contributed by atoms with E-state index in [4.69, 9.17) is 0 Å². The first kappa shape index (κ1) is 13.8. The first-order chi connectivity index (χ1) is 9.08. The van der Waals surface area contributed by atoms with Crippen LogP contribution in [-0.2, 0) is 0 Å². The van der Waals surface area contributed by atoms with Gasteiger partial charge in [0.2, 0.25) is 0 Å². The Hall–Kier alpha value is -1.61. The van der Waals surface area contributed by atoms with Gasteiger partial charge < -0.3 is 5.32 Å². The molecule has 2 rings (SSSR count). The summed E-state index contributed by atoms with van der Waals surface area (Å²) < 4.78 is 0. The van der Waals surface area contributed by atoms with Crippen LogP contribution in [0.5, 0.6) is 0 Å². The Morgan fingerprint density at radius 3 is 2.58 bits per heavy atom. The number of hydrogen-bond acceptors (Lipinski definition) is 1. The normalized spacial score (nSPS) is 11.9. The van der Waals surface area contributed by atoms with Gasteiger partial charge in [0.15, 0.2) is 0 Å². The van der Waals surface area contributed by atoms with Crippen LogP contribution in [0.1, 0.15) is 33.2 Å². The van der Waals surface area contributed by atoms with Crippen molar-refractivity contribution in [3.05, 3.63) is 65.2 Å². The Morgan fingerprint density at radius 2 is 1.89 bits per heavy atom. The second-order valence-electron chi connectivity index (χ2n) is 4.53. The summed E-state index contributed by atoms with van der Waals surface area (Å²) in [4.78, 5) is 12.4. The number of carbonyl (C=O) groups excluding carboxylic acids is 1. The molecule has 0 fully saturated rings. The van der Waals surface area contributed by atoms with E-state index in [-0.39, 0.29) is 10.7 Å². The molecular weight excluding hydrogens is 302 g/mol. The fourth-order valence-electron chi connectivity index (χ4n) is 1.94. The van der Waals surface area contributed by atoms with Crippen LogP contribution in [0.2, 0.25) is 0 Å². The average molecular weight is 318 g/mol. The van der Waals surface area contributed by atoms with Crippen LogP contribution in [0.3, 0.4) is 0 Å². The Morgan fingerprint density at radius 1 is 1.16 bits per heavy atom. The zero-order chi connectivity index (χ0) is 13.8. The van der Waals surface area contributed by atoms with Crippen LogP contribution in [-0.4, -0.2) is 5.91 Å². The zero-order valence-electron chi connectivity index (χ0n) is 11.0. The van der Waals surface area contributed by atoms with Crippen LogP contribution >= 0.6 is 15.9 Å². The molecule has 1 N–H and O–H groups in total. The summed E-state index contributed by atoms with van der Waals surface area (Å²) in [6.07, 6.45) is 0. The highest BCUT2D eigenvalue weighted by Gasteiger charge is 2.11. The lowest BCUT2D eigenvalue weighted by Crippen LogP contribution is -2.13. The number of halogens is 1. The second kappa shape index (κ2) is 6.02. The van der Waals surface area contributed by atoms with E-state index >= 15 is 0 Å². The summed E-state index contributed by atoms with van der Waals surface area (Å²) in [5.41, 5.74) is 3.67. The van der Waals surface area contributed by atoms with E-state index in [9.17, 15) is 4.79 Å². The van der Waals surface area contributed by atoms with E-state index in [1.807, 2.05) is 62.4 Å². The highest BCUT2D eigenvalue weighted by atomic mass is 79.9. The number of rotatable bonds is 3. The molecule has 1 unspecified atom stereocenters. The van der Waals surface area contributed by atoms with Crippen LogP contribution in [0, 0.1) is 6.92 Å². The molecule has 0 radical (unpaired) electrons. The molecule has 0 saturated carbocycles. The highest BCUT2D eigenvalue weighted by molar-refractivity contribution is 9.09. The van der Waals surface area contributed by atoms with Crippen molar-refractivity contribution in [3.63, 3.8) is 0 Å². The van der Waals surface area contributed by atoms with Crippen molar-refractivity contribution in [2.24, 2.45) is 0 Å². The van der Waals surface area contributed by atoms with Gasteiger partial charge in [0, 0.05) is 16.1 Å². The third-order valence-corrected chi connectivity index (χ3v) is 3.41. The minimum absolute atomic E-state index is 0.0794. The summed E-state index contributed by atoms with van der Waals surface area (Å²) in [5.74, 6) is -0.0794. The maximum atomic E-state index is 12.2. The number of aryl methyl sites for hydroxylation is 1. The van der Waals surface area contributed by atoms with Gasteiger partial charge in [0.1, 0.15) is 0 Å². The first-order valence-electron chi connectivity index (χ1n) is 6.19. The maximum absolute atomic E-state index is 12.2. The average Bonchev–Trinajstić information content (AvgIpc) is 2.39. The van der Waals surface area contributed by atoms with Gasteiger partial charge in [0.05, 0.1) is 0 Å². The van der Waals surface area contributed by atoms with Gasteiger partial charge in [-0.25, -0.2) is 0 Å². The van der Waals surface area contributed by atoms with Gasteiger partial charge >= 0.3 is 0 Å². The Bertz CT molecular complexity index is 593. The molecule has 0 aliphatic heterocycles. The number of carbonyl (C=O) groups is 1. The minimum Gasteiger partial charge on any atom is -0.322 e. The quantitative estimate of drug-likeness (QED) is 0.816. The van der Waals surface area contributed by atoms with Crippen LogP contribution in [0.15, 0.2) is 48.5 Å². The second-order valence-corrected chi connectivity index (χ2v) is 5.90. The molecule has 1 atom stereocenters. The number of amides is 1. The number of anilines is 1. The largest absolute Gasteiger partial charge is 0.322 e. The lowest BCUT2D eigenvalue weighted by atomic mass is 10.1. The molecule has 2 aromatic rings. The van der Waals surface area contributed by atoms with Crippen molar-refractivity contribution < 1.29 is 4.79 Å². The SMILES string of the molecule is Cc1cccc(C(=O)Nc2ccccc2C(C)Br)c1. The lowest BCUT2D eigenvalue weighted by Gasteiger charge is -2.12. The predicted molar refractivity (Wildman–Crippen MR) is 82.9 cm³/mol. The van der Waals surface area contributed by atoms with Gasteiger partial charge in [-0.3, -0.25) is 4.79 Å². The van der Waals surface area contributed by atoms with Gasteiger partial charge in [-0.1, -0.05) is 51.8 Å². The molecule has 0 spiro atoms. The third kappa shape index (κ3) is 3.44. The van der Waals surface area contributed by atoms with Gasteiger partial charge in [-0.2, -0.15) is 0 Å². The van der Waals surface area contributed by atoms with Crippen molar-refractivity contribution in [1.82, 2.24) is 0 Å². The molecule has 0 saturated heterocycles. The van der Waals surface area contributed by atoms with Gasteiger partial charge in [-0.05, 0) is 37.6 Å². The van der Waals surface area contributed by atoms with Crippen LogP contribution < -0.4 is 5.32 Å². The van der Waals surface area contributed by atoms with Crippen LogP contribution in [0.4, 0.5) is 5.69 Å². The smallest absolute Gasteiger partial charge is 0.255 e. The van der Waals surface area contributed by atoms with Crippen molar-refractivity contribution in [2.45, 2.75) is 18.7 Å². The Labute approximate surface area is 122 Å². The van der Waals surface area contributed by atoms with E-state index in [0.717, 1.165) is 16.8 Å². The standard InChI is InChI=1S/C16H16BrNO/c1-11-6-5-7-13(10-11)16(19)18-15-9-4-3-8-14(15)12(2)17/h3-10,12H,1-2H3,(H,18,19). The first-order valence-corrected chi connectivity index (χ1v) is 7.10. The summed E-state index contributed by atoms with van der Waals surface area (Å²) in [6, 6.07) is 15.4. The molecular formula is C16H16BrNO. The topological polar surface area (TPSA) is 29.1 Å². The summed E-state index contributed by atoms with van der Waals surface area (Å²) in [5, 5.41) is 2.97. The number of benzene rings is 2. The lowest BCUT2D eigenvalue weighted by molar-refractivity contribution is 0.102. The molecule has 0 bridgehead atoms. The number of hydrogen-bond donors (Lipinski definition) is 1. The van der Waals surface area contributed by atoms with Crippen molar-refractivity contribution in [2.75, 3.05) is 5.32 Å². The molecule has 98 valence electrons. The van der Waals surface area contributed by atoms with E-state index in [0.29, 0.717) is 5.56 Å². The van der Waals surface area contributed by atoms with E-state index < -0.39 is 0 Å². The fourth-order valence-corrected chi connectivity index (χ4v) is 2.34. The van der Waals surface area contributed by atoms with Crippen molar-refractivity contribution in [1.29, 1.82) is 0 Å².